The lowest BCUT2D eigenvalue weighted by Gasteiger charge is -2.09. The second-order valence-corrected chi connectivity index (χ2v) is 6.01. The molecule has 0 fully saturated rings. The minimum atomic E-state index is 0.329. The Balaban J connectivity index is 1.85. The lowest BCUT2D eigenvalue weighted by Crippen LogP contribution is -1.97. The van der Waals surface area contributed by atoms with Crippen LogP contribution in [0.25, 0.3) is 10.8 Å². The number of thiophene rings is 1. The molecule has 0 radical (unpaired) electrons. The van der Waals surface area contributed by atoms with Crippen molar-refractivity contribution < 1.29 is 5.11 Å². The van der Waals surface area contributed by atoms with Crippen LogP contribution in [-0.4, -0.2) is 5.11 Å². The van der Waals surface area contributed by atoms with Crippen LogP contribution in [0.3, 0.4) is 0 Å². The summed E-state index contributed by atoms with van der Waals surface area (Å²) in [6.07, 6.45) is 1.09. The Labute approximate surface area is 122 Å². The number of phenolic OH excluding ortho intramolecular Hbond substituents is 1. The van der Waals surface area contributed by atoms with Gasteiger partial charge in [0.05, 0.1) is 0 Å². The van der Waals surface area contributed by atoms with E-state index in [0.29, 0.717) is 5.75 Å². The van der Waals surface area contributed by atoms with Crippen LogP contribution in [0.4, 0.5) is 5.69 Å². The average molecular weight is 283 g/mol. The summed E-state index contributed by atoms with van der Waals surface area (Å²) in [4.78, 5) is 2.75. The fourth-order valence-corrected chi connectivity index (χ4v) is 3.23. The molecule has 2 aromatic carbocycles. The van der Waals surface area contributed by atoms with Crippen LogP contribution in [0.2, 0.25) is 0 Å². The van der Waals surface area contributed by atoms with Gasteiger partial charge in [0.2, 0.25) is 0 Å². The fraction of sp³-hybridized carbons (Fsp3) is 0.176. The Kier molecular flexibility index (Phi) is 3.61. The smallest absolute Gasteiger partial charge is 0.123 e. The first-order valence-corrected chi connectivity index (χ1v) is 7.61. The molecule has 102 valence electrons. The van der Waals surface area contributed by atoms with Crippen molar-refractivity contribution in [1.82, 2.24) is 0 Å². The number of hydrogen-bond donors (Lipinski definition) is 2. The van der Waals surface area contributed by atoms with E-state index in [1.54, 1.807) is 6.07 Å². The van der Waals surface area contributed by atoms with E-state index in [-0.39, 0.29) is 0 Å². The molecule has 0 aliphatic rings. The summed E-state index contributed by atoms with van der Waals surface area (Å²) < 4.78 is 0. The number of nitrogens with one attached hydrogen (secondary N) is 1. The molecular formula is C17H17NOS. The normalized spacial score (nSPS) is 10.8. The zero-order chi connectivity index (χ0) is 13.9. The standard InChI is InChI=1S/C17H17NOS/c1-2-12-9-10-13(20-12)11-18-16-7-3-6-15-14(16)5-4-8-17(15)19/h3-10,18-19H,2,11H2,1H3. The minimum absolute atomic E-state index is 0.329. The van der Waals surface area contributed by atoms with Crippen molar-refractivity contribution >= 4 is 27.8 Å². The van der Waals surface area contributed by atoms with E-state index in [1.165, 1.54) is 9.75 Å². The van der Waals surface area contributed by atoms with Crippen LogP contribution >= 0.6 is 11.3 Å². The molecule has 3 rings (SSSR count). The van der Waals surface area contributed by atoms with Gasteiger partial charge in [-0.25, -0.2) is 0 Å². The van der Waals surface area contributed by atoms with Crippen LogP contribution in [0.15, 0.2) is 48.5 Å². The second-order valence-electron chi connectivity index (χ2n) is 4.75. The van der Waals surface area contributed by atoms with E-state index in [2.05, 4.69) is 30.4 Å². The zero-order valence-corrected chi connectivity index (χ0v) is 12.2. The number of rotatable bonds is 4. The topological polar surface area (TPSA) is 32.3 Å². The Morgan fingerprint density at radius 1 is 0.950 bits per heavy atom. The molecule has 0 amide bonds. The summed E-state index contributed by atoms with van der Waals surface area (Å²) in [6.45, 7) is 3.00. The lowest BCUT2D eigenvalue weighted by molar-refractivity contribution is 0.481. The largest absolute Gasteiger partial charge is 0.507 e. The van der Waals surface area contributed by atoms with E-state index in [1.807, 2.05) is 35.6 Å². The summed E-state index contributed by atoms with van der Waals surface area (Å²) >= 11 is 1.85. The number of benzene rings is 2. The van der Waals surface area contributed by atoms with E-state index in [4.69, 9.17) is 0 Å². The third-order valence-electron chi connectivity index (χ3n) is 3.42. The van der Waals surface area contributed by atoms with Gasteiger partial charge in [0.1, 0.15) is 5.75 Å². The van der Waals surface area contributed by atoms with Gasteiger partial charge in [-0.3, -0.25) is 0 Å². The van der Waals surface area contributed by atoms with Gasteiger partial charge in [-0.15, -0.1) is 11.3 Å². The summed E-state index contributed by atoms with van der Waals surface area (Å²) in [5, 5.41) is 15.3. The van der Waals surface area contributed by atoms with Crippen molar-refractivity contribution in [3.63, 3.8) is 0 Å². The molecule has 1 aromatic heterocycles. The van der Waals surface area contributed by atoms with Gasteiger partial charge >= 0.3 is 0 Å². The van der Waals surface area contributed by atoms with E-state index in [9.17, 15) is 5.11 Å². The second kappa shape index (κ2) is 5.55. The molecule has 0 saturated heterocycles. The van der Waals surface area contributed by atoms with Gasteiger partial charge in [-0.2, -0.15) is 0 Å². The molecular weight excluding hydrogens is 266 g/mol. The fourth-order valence-electron chi connectivity index (χ4n) is 2.34. The van der Waals surface area contributed by atoms with Crippen molar-refractivity contribution in [2.24, 2.45) is 0 Å². The molecule has 0 aliphatic heterocycles. The van der Waals surface area contributed by atoms with Crippen molar-refractivity contribution in [2.75, 3.05) is 5.32 Å². The van der Waals surface area contributed by atoms with Crippen molar-refractivity contribution in [3.05, 3.63) is 58.3 Å². The number of aromatic hydroxyl groups is 1. The minimum Gasteiger partial charge on any atom is -0.507 e. The molecule has 0 atom stereocenters. The van der Waals surface area contributed by atoms with Gasteiger partial charge < -0.3 is 10.4 Å². The van der Waals surface area contributed by atoms with Gasteiger partial charge in [-0.05, 0) is 30.7 Å². The highest BCUT2D eigenvalue weighted by molar-refractivity contribution is 7.12. The van der Waals surface area contributed by atoms with Crippen molar-refractivity contribution in [1.29, 1.82) is 0 Å². The number of phenols is 1. The highest BCUT2D eigenvalue weighted by Gasteiger charge is 2.04. The molecule has 0 spiro atoms. The van der Waals surface area contributed by atoms with Crippen molar-refractivity contribution in [2.45, 2.75) is 19.9 Å². The number of anilines is 1. The first-order chi connectivity index (χ1) is 9.78. The van der Waals surface area contributed by atoms with E-state index in [0.717, 1.165) is 29.4 Å². The van der Waals surface area contributed by atoms with Gasteiger partial charge in [0.25, 0.3) is 0 Å². The predicted molar refractivity (Wildman–Crippen MR) is 86.6 cm³/mol. The molecule has 3 heteroatoms. The molecule has 1 heterocycles. The lowest BCUT2D eigenvalue weighted by atomic mass is 10.1. The summed E-state index contributed by atoms with van der Waals surface area (Å²) in [5.41, 5.74) is 1.06. The molecule has 0 unspecified atom stereocenters. The van der Waals surface area contributed by atoms with Crippen LogP contribution in [0, 0.1) is 0 Å². The zero-order valence-electron chi connectivity index (χ0n) is 11.4. The van der Waals surface area contributed by atoms with Gasteiger partial charge in [0.15, 0.2) is 0 Å². The molecule has 20 heavy (non-hydrogen) atoms. The highest BCUT2D eigenvalue weighted by Crippen LogP contribution is 2.30. The van der Waals surface area contributed by atoms with E-state index >= 15 is 0 Å². The third kappa shape index (κ3) is 2.49. The SMILES string of the molecule is CCc1ccc(CNc2cccc3c(O)cccc23)s1. The van der Waals surface area contributed by atoms with Crippen LogP contribution in [-0.2, 0) is 13.0 Å². The van der Waals surface area contributed by atoms with Crippen LogP contribution in [0.5, 0.6) is 5.75 Å². The molecule has 0 aliphatic carbocycles. The Morgan fingerprint density at radius 3 is 2.50 bits per heavy atom. The first-order valence-electron chi connectivity index (χ1n) is 6.80. The van der Waals surface area contributed by atoms with E-state index < -0.39 is 0 Å². The monoisotopic (exact) mass is 283 g/mol. The summed E-state index contributed by atoms with van der Waals surface area (Å²) in [5.74, 6) is 0.329. The predicted octanol–water partition coefficient (Wildman–Crippen LogP) is 4.78. The Bertz CT molecular complexity index is 733. The summed E-state index contributed by atoms with van der Waals surface area (Å²) in [6, 6.07) is 16.0. The maximum atomic E-state index is 9.89. The van der Waals surface area contributed by atoms with Crippen LogP contribution in [0.1, 0.15) is 16.7 Å². The molecule has 2 N–H and O–H groups in total. The molecule has 3 aromatic rings. The first kappa shape index (κ1) is 13.0. The molecule has 0 bridgehead atoms. The Hall–Kier alpha value is -2.00. The highest BCUT2D eigenvalue weighted by atomic mass is 32.1. The average Bonchev–Trinajstić information content (AvgIpc) is 2.94. The third-order valence-corrected chi connectivity index (χ3v) is 4.65. The Morgan fingerprint density at radius 2 is 1.70 bits per heavy atom. The molecule has 0 saturated carbocycles. The summed E-state index contributed by atoms with van der Waals surface area (Å²) in [7, 11) is 0. The van der Waals surface area contributed by atoms with Crippen LogP contribution < -0.4 is 5.32 Å². The maximum Gasteiger partial charge on any atom is 0.123 e. The van der Waals surface area contributed by atoms with Gasteiger partial charge in [0, 0.05) is 32.8 Å². The number of fused-ring (bicyclic) bond motifs is 1. The van der Waals surface area contributed by atoms with Crippen molar-refractivity contribution in [3.8, 4) is 5.75 Å². The quantitative estimate of drug-likeness (QED) is 0.722. The number of hydrogen-bond acceptors (Lipinski definition) is 3. The van der Waals surface area contributed by atoms with Gasteiger partial charge in [-0.1, -0.05) is 31.2 Å². The maximum absolute atomic E-state index is 9.89. The number of aryl methyl sites for hydroxylation is 1. The molecule has 2 nitrogen and oxygen atoms in total.